The molecule has 3 heteroatoms. The normalized spacial score (nSPS) is 14.2. The molecule has 2 unspecified atom stereocenters. The van der Waals surface area contributed by atoms with Crippen LogP contribution >= 0.6 is 0 Å². The Kier molecular flexibility index (Phi) is 5.29. The highest BCUT2D eigenvalue weighted by molar-refractivity contribution is 5.47. The van der Waals surface area contributed by atoms with Gasteiger partial charge in [-0.25, -0.2) is 0 Å². The molecule has 1 N–H and O–H groups in total. The molecule has 1 aromatic rings. The Bertz CT molecular complexity index is 330. The third-order valence-corrected chi connectivity index (χ3v) is 3.30. The van der Waals surface area contributed by atoms with Gasteiger partial charge >= 0.3 is 0 Å². The summed E-state index contributed by atoms with van der Waals surface area (Å²) in [6.45, 7) is 5.41. The number of hydrogen-bond donors (Lipinski definition) is 1. The van der Waals surface area contributed by atoms with Gasteiger partial charge in [0.05, 0.1) is 14.2 Å². The molecular formula is C14H23NO2. The fourth-order valence-electron chi connectivity index (χ4n) is 2.11. The molecule has 1 aromatic carbocycles. The van der Waals surface area contributed by atoms with Crippen molar-refractivity contribution in [3.8, 4) is 11.5 Å². The van der Waals surface area contributed by atoms with Crippen molar-refractivity contribution in [2.24, 2.45) is 5.92 Å². The van der Waals surface area contributed by atoms with Crippen LogP contribution in [-0.4, -0.2) is 27.8 Å². The highest BCUT2D eigenvalue weighted by atomic mass is 16.5. The molecule has 2 atom stereocenters. The minimum absolute atomic E-state index is 0.383. The molecule has 3 nitrogen and oxygen atoms in total. The molecule has 0 aromatic heterocycles. The Morgan fingerprint density at radius 2 is 1.65 bits per heavy atom. The van der Waals surface area contributed by atoms with Gasteiger partial charge in [0.2, 0.25) is 0 Å². The quantitative estimate of drug-likeness (QED) is 0.825. The maximum Gasteiger partial charge on any atom is 0.126 e. The van der Waals surface area contributed by atoms with E-state index in [0.717, 1.165) is 23.6 Å². The van der Waals surface area contributed by atoms with E-state index in [4.69, 9.17) is 9.47 Å². The third-order valence-electron chi connectivity index (χ3n) is 3.30. The first-order valence-electron chi connectivity index (χ1n) is 6.01. The highest BCUT2D eigenvalue weighted by Gasteiger charge is 2.21. The Labute approximate surface area is 104 Å². The lowest BCUT2D eigenvalue weighted by Gasteiger charge is -2.24. The van der Waals surface area contributed by atoms with Gasteiger partial charge in [-0.2, -0.15) is 0 Å². The minimum atomic E-state index is 0.383. The van der Waals surface area contributed by atoms with Crippen LogP contribution in [0.3, 0.4) is 0 Å². The molecule has 0 saturated carbocycles. The van der Waals surface area contributed by atoms with Crippen molar-refractivity contribution in [2.75, 3.05) is 27.8 Å². The van der Waals surface area contributed by atoms with Gasteiger partial charge in [0.1, 0.15) is 11.5 Å². The monoisotopic (exact) mass is 237 g/mol. The molecule has 96 valence electrons. The van der Waals surface area contributed by atoms with Crippen LogP contribution in [0.1, 0.15) is 25.3 Å². The lowest BCUT2D eigenvalue weighted by Crippen LogP contribution is -2.21. The zero-order valence-corrected chi connectivity index (χ0v) is 11.4. The van der Waals surface area contributed by atoms with Crippen molar-refractivity contribution in [1.29, 1.82) is 0 Å². The summed E-state index contributed by atoms with van der Waals surface area (Å²) in [5.74, 6) is 2.71. The second-order valence-electron chi connectivity index (χ2n) is 4.40. The first kappa shape index (κ1) is 13.8. The summed E-state index contributed by atoms with van der Waals surface area (Å²) >= 11 is 0. The van der Waals surface area contributed by atoms with Crippen molar-refractivity contribution in [1.82, 2.24) is 5.32 Å². The van der Waals surface area contributed by atoms with Crippen LogP contribution in [-0.2, 0) is 0 Å². The molecule has 0 amide bonds. The summed E-state index contributed by atoms with van der Waals surface area (Å²) in [7, 11) is 5.38. The molecule has 0 aliphatic rings. The van der Waals surface area contributed by atoms with E-state index in [1.807, 2.05) is 25.2 Å². The first-order chi connectivity index (χ1) is 8.15. The van der Waals surface area contributed by atoms with Crippen molar-refractivity contribution >= 4 is 0 Å². The molecule has 0 aliphatic carbocycles. The van der Waals surface area contributed by atoms with Crippen LogP contribution in [0, 0.1) is 5.92 Å². The summed E-state index contributed by atoms with van der Waals surface area (Å²) < 4.78 is 10.9. The second-order valence-corrected chi connectivity index (χ2v) is 4.40. The van der Waals surface area contributed by atoms with Crippen molar-refractivity contribution in [3.63, 3.8) is 0 Å². The Hall–Kier alpha value is -1.22. The fraction of sp³-hybridized carbons (Fsp3) is 0.571. The lowest BCUT2D eigenvalue weighted by atomic mass is 9.87. The summed E-state index contributed by atoms with van der Waals surface area (Å²) in [6, 6.07) is 5.93. The third kappa shape index (κ3) is 3.13. The summed E-state index contributed by atoms with van der Waals surface area (Å²) in [5.41, 5.74) is 1.15. The Morgan fingerprint density at radius 3 is 2.06 bits per heavy atom. The highest BCUT2D eigenvalue weighted by Crippen LogP contribution is 2.38. The molecule has 0 saturated heterocycles. The number of rotatable bonds is 6. The van der Waals surface area contributed by atoms with E-state index in [9.17, 15) is 0 Å². The van der Waals surface area contributed by atoms with Gasteiger partial charge in [-0.05, 0) is 37.6 Å². The smallest absolute Gasteiger partial charge is 0.126 e. The summed E-state index contributed by atoms with van der Waals surface area (Å²) in [5, 5.41) is 3.21. The van der Waals surface area contributed by atoms with Crippen molar-refractivity contribution in [3.05, 3.63) is 23.8 Å². The topological polar surface area (TPSA) is 30.5 Å². The van der Waals surface area contributed by atoms with E-state index in [-0.39, 0.29) is 0 Å². The van der Waals surface area contributed by atoms with Gasteiger partial charge in [0, 0.05) is 5.56 Å². The number of benzene rings is 1. The zero-order chi connectivity index (χ0) is 12.8. The number of methoxy groups -OCH3 is 2. The van der Waals surface area contributed by atoms with Gasteiger partial charge < -0.3 is 14.8 Å². The van der Waals surface area contributed by atoms with E-state index >= 15 is 0 Å². The number of hydrogen-bond acceptors (Lipinski definition) is 3. The average Bonchev–Trinajstić information content (AvgIpc) is 2.37. The first-order valence-corrected chi connectivity index (χ1v) is 6.01. The van der Waals surface area contributed by atoms with Crippen LogP contribution in [0.2, 0.25) is 0 Å². The van der Waals surface area contributed by atoms with Crippen LogP contribution in [0.25, 0.3) is 0 Å². The molecular weight excluding hydrogens is 214 g/mol. The maximum absolute atomic E-state index is 5.44. The van der Waals surface area contributed by atoms with Crippen LogP contribution < -0.4 is 14.8 Å². The van der Waals surface area contributed by atoms with Gasteiger partial charge in [-0.15, -0.1) is 0 Å². The number of nitrogens with one attached hydrogen (secondary N) is 1. The summed E-state index contributed by atoms with van der Waals surface area (Å²) in [4.78, 5) is 0. The molecule has 1 rings (SSSR count). The van der Waals surface area contributed by atoms with E-state index in [1.165, 1.54) is 0 Å². The average molecular weight is 237 g/mol. The number of ether oxygens (including phenoxy) is 2. The molecule has 0 aliphatic heterocycles. The molecule has 0 radical (unpaired) electrons. The van der Waals surface area contributed by atoms with Gasteiger partial charge in [-0.1, -0.05) is 19.9 Å². The minimum Gasteiger partial charge on any atom is -0.496 e. The van der Waals surface area contributed by atoms with E-state index in [1.54, 1.807) is 14.2 Å². The van der Waals surface area contributed by atoms with Crippen LogP contribution in [0.5, 0.6) is 11.5 Å². The predicted molar refractivity (Wildman–Crippen MR) is 71.1 cm³/mol. The standard InChI is InChI=1S/C14H23NO2/c1-10(9-15-3)11(2)14-12(16-4)7-6-8-13(14)17-5/h6-8,10-11,15H,9H2,1-5H3. The summed E-state index contributed by atoms with van der Waals surface area (Å²) in [6.07, 6.45) is 0. The largest absolute Gasteiger partial charge is 0.496 e. The lowest BCUT2D eigenvalue weighted by molar-refractivity contribution is 0.364. The molecule has 0 fully saturated rings. The molecule has 17 heavy (non-hydrogen) atoms. The van der Waals surface area contributed by atoms with Crippen molar-refractivity contribution < 1.29 is 9.47 Å². The van der Waals surface area contributed by atoms with Crippen molar-refractivity contribution in [2.45, 2.75) is 19.8 Å². The maximum atomic E-state index is 5.44. The van der Waals surface area contributed by atoms with Gasteiger partial charge in [0.25, 0.3) is 0 Å². The van der Waals surface area contributed by atoms with Crippen LogP contribution in [0.15, 0.2) is 18.2 Å². The van der Waals surface area contributed by atoms with E-state index in [0.29, 0.717) is 11.8 Å². The van der Waals surface area contributed by atoms with Crippen LogP contribution in [0.4, 0.5) is 0 Å². The second kappa shape index (κ2) is 6.50. The zero-order valence-electron chi connectivity index (χ0n) is 11.4. The molecule has 0 bridgehead atoms. The molecule has 0 heterocycles. The molecule has 0 spiro atoms. The van der Waals surface area contributed by atoms with E-state index in [2.05, 4.69) is 19.2 Å². The van der Waals surface area contributed by atoms with Gasteiger partial charge in [0.15, 0.2) is 0 Å². The Balaban J connectivity index is 3.08. The fourth-order valence-corrected chi connectivity index (χ4v) is 2.11. The Morgan fingerprint density at radius 1 is 1.12 bits per heavy atom. The predicted octanol–water partition coefficient (Wildman–Crippen LogP) is 2.66. The van der Waals surface area contributed by atoms with E-state index < -0.39 is 0 Å². The SMILES string of the molecule is CNCC(C)C(C)c1c(OC)cccc1OC. The van der Waals surface area contributed by atoms with Gasteiger partial charge in [-0.3, -0.25) is 0 Å².